The molecule has 0 saturated heterocycles. The van der Waals surface area contributed by atoms with Crippen LogP contribution in [0, 0.1) is 0 Å². The second kappa shape index (κ2) is 5.48. The van der Waals surface area contributed by atoms with Gasteiger partial charge in [0.15, 0.2) is 5.82 Å². The lowest BCUT2D eigenvalue weighted by Gasteiger charge is -2.32. The van der Waals surface area contributed by atoms with E-state index < -0.39 is 0 Å². The molecule has 0 bridgehead atoms. The van der Waals surface area contributed by atoms with Crippen molar-refractivity contribution in [2.24, 2.45) is 12.8 Å². The molecule has 0 aliphatic heterocycles. The summed E-state index contributed by atoms with van der Waals surface area (Å²) in [4.78, 5) is 11.9. The Balaban J connectivity index is 1.80. The van der Waals surface area contributed by atoms with Crippen molar-refractivity contribution in [1.29, 1.82) is 0 Å². The fourth-order valence-corrected chi connectivity index (χ4v) is 2.46. The van der Waals surface area contributed by atoms with Crippen molar-refractivity contribution in [3.63, 3.8) is 0 Å². The van der Waals surface area contributed by atoms with Crippen LogP contribution in [-0.2, 0) is 18.4 Å². The van der Waals surface area contributed by atoms with Gasteiger partial charge in [0.25, 0.3) is 0 Å². The zero-order valence-corrected chi connectivity index (χ0v) is 10.9. The molecule has 1 aliphatic carbocycles. The lowest BCUT2D eigenvalue weighted by molar-refractivity contribution is -0.122. The highest BCUT2D eigenvalue weighted by Gasteiger charge is 2.29. The van der Waals surface area contributed by atoms with Gasteiger partial charge in [-0.1, -0.05) is 19.3 Å². The first-order chi connectivity index (χ1) is 8.59. The van der Waals surface area contributed by atoms with Gasteiger partial charge < -0.3 is 15.6 Å². The van der Waals surface area contributed by atoms with Crippen molar-refractivity contribution in [2.75, 3.05) is 0 Å². The molecule has 0 atom stereocenters. The summed E-state index contributed by atoms with van der Waals surface area (Å²) in [6.07, 6.45) is 7.42. The summed E-state index contributed by atoms with van der Waals surface area (Å²) in [5.41, 5.74) is 5.94. The van der Waals surface area contributed by atoms with E-state index in [1.807, 2.05) is 7.05 Å². The number of hydrogen-bond donors (Lipinski definition) is 2. The Morgan fingerprint density at radius 2 is 2.22 bits per heavy atom. The van der Waals surface area contributed by atoms with Crippen LogP contribution in [0.25, 0.3) is 0 Å². The summed E-state index contributed by atoms with van der Waals surface area (Å²) >= 11 is 0. The largest absolute Gasteiger partial charge is 0.349 e. The predicted octanol–water partition coefficient (Wildman–Crippen LogP) is 0.483. The number of nitrogens with two attached hydrogens (primary N) is 1. The van der Waals surface area contributed by atoms with Gasteiger partial charge in [-0.2, -0.15) is 0 Å². The average molecular weight is 251 g/mol. The molecular weight excluding hydrogens is 230 g/mol. The topological polar surface area (TPSA) is 85.8 Å². The van der Waals surface area contributed by atoms with E-state index in [4.69, 9.17) is 5.73 Å². The van der Waals surface area contributed by atoms with E-state index in [2.05, 4.69) is 15.5 Å². The molecule has 18 heavy (non-hydrogen) atoms. The van der Waals surface area contributed by atoms with E-state index in [1.54, 1.807) is 10.9 Å². The third-order valence-corrected chi connectivity index (χ3v) is 3.61. The number of rotatable bonds is 4. The fraction of sp³-hybridized carbons (Fsp3) is 0.750. The molecule has 6 nitrogen and oxygen atoms in total. The van der Waals surface area contributed by atoms with Crippen LogP contribution >= 0.6 is 0 Å². The molecule has 1 aromatic rings. The summed E-state index contributed by atoms with van der Waals surface area (Å²) in [6, 6.07) is 0. The summed E-state index contributed by atoms with van der Waals surface area (Å²) in [6.45, 7) is 0.408. The molecule has 2 rings (SSSR count). The van der Waals surface area contributed by atoms with E-state index in [0.717, 1.165) is 31.5 Å². The van der Waals surface area contributed by atoms with E-state index in [9.17, 15) is 4.79 Å². The molecule has 1 aliphatic rings. The number of nitrogens with one attached hydrogen (secondary N) is 1. The van der Waals surface area contributed by atoms with E-state index in [0.29, 0.717) is 13.0 Å². The third-order valence-electron chi connectivity index (χ3n) is 3.61. The van der Waals surface area contributed by atoms with Gasteiger partial charge in [0.1, 0.15) is 6.33 Å². The average Bonchev–Trinajstić information content (AvgIpc) is 2.72. The maximum Gasteiger partial charge on any atom is 0.222 e. The van der Waals surface area contributed by atoms with Crippen LogP contribution in [0.5, 0.6) is 0 Å². The number of nitrogens with zero attached hydrogens (tertiary/aromatic N) is 3. The van der Waals surface area contributed by atoms with Crippen LogP contribution < -0.4 is 11.1 Å². The highest BCUT2D eigenvalue weighted by Crippen LogP contribution is 2.28. The number of carbonyl (C=O) groups is 1. The third kappa shape index (κ3) is 3.29. The van der Waals surface area contributed by atoms with Crippen molar-refractivity contribution in [3.8, 4) is 0 Å². The van der Waals surface area contributed by atoms with Crippen molar-refractivity contribution in [1.82, 2.24) is 20.1 Å². The van der Waals surface area contributed by atoms with Crippen LogP contribution in [0.1, 0.15) is 44.3 Å². The van der Waals surface area contributed by atoms with Gasteiger partial charge in [-0.05, 0) is 12.8 Å². The lowest BCUT2D eigenvalue weighted by Crippen LogP contribution is -2.46. The number of amides is 1. The van der Waals surface area contributed by atoms with Gasteiger partial charge in [-0.15, -0.1) is 10.2 Å². The van der Waals surface area contributed by atoms with Crippen LogP contribution in [-0.4, -0.2) is 26.2 Å². The highest BCUT2D eigenvalue weighted by atomic mass is 16.1. The molecular formula is C12H21N5O. The Labute approximate surface area is 107 Å². The Morgan fingerprint density at radius 3 is 2.83 bits per heavy atom. The van der Waals surface area contributed by atoms with Crippen molar-refractivity contribution in [2.45, 2.75) is 50.6 Å². The number of hydrogen-bond acceptors (Lipinski definition) is 4. The molecule has 1 saturated carbocycles. The monoisotopic (exact) mass is 251 g/mol. The molecule has 1 fully saturated rings. The number of carbonyl (C=O) groups excluding carboxylic acids is 1. The second-order valence-electron chi connectivity index (χ2n) is 5.23. The molecule has 1 amide bonds. The van der Waals surface area contributed by atoms with E-state index >= 15 is 0 Å². The minimum absolute atomic E-state index is 0.00222. The van der Waals surface area contributed by atoms with Crippen molar-refractivity contribution in [3.05, 3.63) is 12.2 Å². The first kappa shape index (κ1) is 13.0. The van der Waals surface area contributed by atoms with Crippen LogP contribution in [0.2, 0.25) is 0 Å². The number of aromatic nitrogens is 3. The molecule has 3 N–H and O–H groups in total. The second-order valence-corrected chi connectivity index (χ2v) is 5.23. The lowest BCUT2D eigenvalue weighted by atomic mass is 9.80. The molecule has 100 valence electrons. The van der Waals surface area contributed by atoms with Crippen molar-refractivity contribution < 1.29 is 4.79 Å². The first-order valence-electron chi connectivity index (χ1n) is 6.47. The maximum absolute atomic E-state index is 11.9. The van der Waals surface area contributed by atoms with E-state index in [1.165, 1.54) is 6.42 Å². The predicted molar refractivity (Wildman–Crippen MR) is 67.5 cm³/mol. The summed E-state index contributed by atoms with van der Waals surface area (Å²) in [5, 5.41) is 10.5. The Hall–Kier alpha value is -1.43. The van der Waals surface area contributed by atoms with Gasteiger partial charge in [0, 0.05) is 19.0 Å². The van der Waals surface area contributed by atoms with Crippen LogP contribution in [0.3, 0.4) is 0 Å². The number of aryl methyl sites for hydroxylation is 1. The fourth-order valence-electron chi connectivity index (χ4n) is 2.46. The molecule has 6 heteroatoms. The highest BCUT2D eigenvalue weighted by molar-refractivity contribution is 5.77. The maximum atomic E-state index is 11.9. The normalized spacial score (nSPS) is 18.6. The quantitative estimate of drug-likeness (QED) is 0.815. The van der Waals surface area contributed by atoms with Gasteiger partial charge >= 0.3 is 0 Å². The van der Waals surface area contributed by atoms with Gasteiger partial charge in [0.05, 0.1) is 6.54 Å². The molecule has 0 unspecified atom stereocenters. The summed E-state index contributed by atoms with van der Waals surface area (Å²) in [5.74, 6) is 0.750. The molecule has 0 spiro atoms. The Morgan fingerprint density at radius 1 is 1.50 bits per heavy atom. The van der Waals surface area contributed by atoms with Gasteiger partial charge in [-0.25, -0.2) is 0 Å². The minimum Gasteiger partial charge on any atom is -0.349 e. The molecule has 0 aromatic carbocycles. The Kier molecular flexibility index (Phi) is 3.96. The van der Waals surface area contributed by atoms with Crippen LogP contribution in [0.15, 0.2) is 6.33 Å². The summed E-state index contributed by atoms with van der Waals surface area (Å²) in [7, 11) is 1.85. The van der Waals surface area contributed by atoms with Crippen molar-refractivity contribution >= 4 is 5.91 Å². The zero-order valence-electron chi connectivity index (χ0n) is 10.9. The zero-order chi connectivity index (χ0) is 13.0. The minimum atomic E-state index is -0.303. The first-order valence-corrected chi connectivity index (χ1v) is 6.47. The standard InChI is InChI=1S/C12H21N5O/c1-17-9-15-16-10(17)8-14-11(18)7-12(13)5-3-2-4-6-12/h9H,2-8,13H2,1H3,(H,14,18). The smallest absolute Gasteiger partial charge is 0.222 e. The Bertz CT molecular complexity index is 408. The summed E-state index contributed by atoms with van der Waals surface area (Å²) < 4.78 is 1.79. The molecule has 0 radical (unpaired) electrons. The SMILES string of the molecule is Cn1cnnc1CNC(=O)CC1(N)CCCCC1. The molecule has 1 heterocycles. The van der Waals surface area contributed by atoms with Gasteiger partial charge in [-0.3, -0.25) is 4.79 Å². The van der Waals surface area contributed by atoms with E-state index in [-0.39, 0.29) is 11.4 Å². The van der Waals surface area contributed by atoms with Gasteiger partial charge in [0.2, 0.25) is 5.91 Å². The molecule has 1 aromatic heterocycles. The van der Waals surface area contributed by atoms with Crippen LogP contribution in [0.4, 0.5) is 0 Å².